The van der Waals surface area contributed by atoms with E-state index in [1.54, 1.807) is 0 Å². The molecule has 71 heavy (non-hydrogen) atoms. The molecule has 0 fully saturated rings. The summed E-state index contributed by atoms with van der Waals surface area (Å²) in [6.07, 6.45) is 0. The minimum atomic E-state index is 0.428. The van der Waals surface area contributed by atoms with Crippen molar-refractivity contribution in [2.24, 2.45) is 0 Å². The molecule has 5 heteroatoms. The molecule has 14 rings (SSSR count). The standard InChI is InChI=1S/C66H48N2O2S/c1-39(2)41-23-27-43(28-24-41)67(59-19-11-17-52-50-15-7-9-21-61(50)69-65(52)59)45-31-33-49-54(35-45)47-13-5-6-14-48(47)55-37-58-57-36-46(32-34-63(57)71-64(58)38-56(49)55)68(44-29-25-42(26-30-44)40(3)4)60-20-12-18-53-51-16-8-10-22-62(51)70-66(53)60/h5-40H,1-4H3. The van der Waals surface area contributed by atoms with Gasteiger partial charge in [0, 0.05) is 64.5 Å². The van der Waals surface area contributed by atoms with Crippen molar-refractivity contribution in [3.63, 3.8) is 0 Å². The van der Waals surface area contributed by atoms with Gasteiger partial charge in [-0.25, -0.2) is 0 Å². The Morgan fingerprint density at radius 1 is 0.310 bits per heavy atom. The van der Waals surface area contributed by atoms with Crippen molar-refractivity contribution in [2.75, 3.05) is 9.80 Å². The number of nitrogens with zero attached hydrogens (tertiary/aromatic N) is 2. The van der Waals surface area contributed by atoms with Gasteiger partial charge in [-0.15, -0.1) is 11.3 Å². The van der Waals surface area contributed by atoms with Gasteiger partial charge in [-0.05, 0) is 146 Å². The highest BCUT2D eigenvalue weighted by atomic mass is 32.1. The molecule has 340 valence electrons. The van der Waals surface area contributed by atoms with E-state index in [9.17, 15) is 0 Å². The molecule has 0 unspecified atom stereocenters. The van der Waals surface area contributed by atoms with Crippen LogP contribution in [0.1, 0.15) is 50.7 Å². The molecule has 0 amide bonds. The lowest BCUT2D eigenvalue weighted by Crippen LogP contribution is -2.10. The van der Waals surface area contributed by atoms with E-state index >= 15 is 0 Å². The topological polar surface area (TPSA) is 32.8 Å². The van der Waals surface area contributed by atoms with Gasteiger partial charge in [0.1, 0.15) is 11.2 Å². The van der Waals surface area contributed by atoms with E-state index in [2.05, 4.69) is 232 Å². The average molecular weight is 933 g/mol. The molecule has 0 aliphatic heterocycles. The number of anilines is 6. The zero-order chi connectivity index (χ0) is 47.5. The second-order valence-corrected chi connectivity index (χ2v) is 20.7. The fraction of sp³-hybridized carbons (Fsp3) is 0.0909. The van der Waals surface area contributed by atoms with Crippen LogP contribution in [0.15, 0.2) is 215 Å². The molecule has 0 saturated heterocycles. The number of thiophene rings is 1. The molecular weight excluding hydrogens is 885 g/mol. The van der Waals surface area contributed by atoms with E-state index in [-0.39, 0.29) is 0 Å². The third-order valence-electron chi connectivity index (χ3n) is 14.8. The average Bonchev–Trinajstić information content (AvgIpc) is 4.11. The number of hydrogen-bond donors (Lipinski definition) is 0. The summed E-state index contributed by atoms with van der Waals surface area (Å²) in [4.78, 5) is 4.74. The van der Waals surface area contributed by atoms with Gasteiger partial charge in [0.25, 0.3) is 0 Å². The molecule has 3 aromatic heterocycles. The molecule has 14 aromatic rings. The van der Waals surface area contributed by atoms with E-state index in [1.165, 1.54) is 63.6 Å². The van der Waals surface area contributed by atoms with Crippen molar-refractivity contribution < 1.29 is 8.83 Å². The summed E-state index contributed by atoms with van der Waals surface area (Å²) < 4.78 is 15.9. The lowest BCUT2D eigenvalue weighted by atomic mass is 9.92. The SMILES string of the molecule is CC(C)c1ccc(N(c2ccc3sc4cc5c6ccc(N(c7ccc(C(C)C)cc7)c7cccc8c7oc7ccccc78)cc6c6ccccc6c5cc4c3c2)c2cccc3c2oc2ccccc23)cc1. The van der Waals surface area contributed by atoms with Crippen molar-refractivity contribution in [1.29, 1.82) is 0 Å². The second-order valence-electron chi connectivity index (χ2n) is 19.6. The number of furan rings is 2. The van der Waals surface area contributed by atoms with E-state index in [0.29, 0.717) is 11.8 Å². The summed E-state index contributed by atoms with van der Waals surface area (Å²) in [5.41, 5.74) is 12.5. The largest absolute Gasteiger partial charge is 0.454 e. The summed E-state index contributed by atoms with van der Waals surface area (Å²) >= 11 is 1.87. The molecule has 0 N–H and O–H groups in total. The van der Waals surface area contributed by atoms with Gasteiger partial charge >= 0.3 is 0 Å². The molecule has 0 saturated carbocycles. The van der Waals surface area contributed by atoms with Crippen LogP contribution in [-0.2, 0) is 0 Å². The number of benzene rings is 11. The second kappa shape index (κ2) is 16.1. The van der Waals surface area contributed by atoms with Crippen molar-refractivity contribution in [1.82, 2.24) is 0 Å². The Hall–Kier alpha value is -8.38. The molecule has 0 aliphatic rings. The Kier molecular flexibility index (Phi) is 9.42. The minimum absolute atomic E-state index is 0.428. The molecule has 0 radical (unpaired) electrons. The van der Waals surface area contributed by atoms with Crippen LogP contribution in [0.2, 0.25) is 0 Å². The zero-order valence-electron chi connectivity index (χ0n) is 39.9. The Morgan fingerprint density at radius 3 is 1.25 bits per heavy atom. The summed E-state index contributed by atoms with van der Waals surface area (Å²) in [7, 11) is 0. The van der Waals surface area contributed by atoms with Gasteiger partial charge in [-0.3, -0.25) is 0 Å². The van der Waals surface area contributed by atoms with Crippen molar-refractivity contribution >= 4 is 142 Å². The van der Waals surface area contributed by atoms with Crippen LogP contribution >= 0.6 is 11.3 Å². The van der Waals surface area contributed by atoms with Gasteiger partial charge in [0.15, 0.2) is 11.2 Å². The van der Waals surface area contributed by atoms with Crippen LogP contribution in [0.5, 0.6) is 0 Å². The molecule has 0 spiro atoms. The first-order valence-corrected chi connectivity index (χ1v) is 25.5. The third-order valence-corrected chi connectivity index (χ3v) is 15.9. The maximum atomic E-state index is 6.71. The first kappa shape index (κ1) is 41.6. The van der Waals surface area contributed by atoms with Gasteiger partial charge in [0.2, 0.25) is 0 Å². The lowest BCUT2D eigenvalue weighted by Gasteiger charge is -2.26. The maximum Gasteiger partial charge on any atom is 0.159 e. The normalized spacial score (nSPS) is 12.2. The maximum absolute atomic E-state index is 6.71. The van der Waals surface area contributed by atoms with E-state index in [4.69, 9.17) is 8.83 Å². The van der Waals surface area contributed by atoms with Crippen LogP contribution in [0.25, 0.3) is 96.4 Å². The molecule has 0 atom stereocenters. The molecule has 4 nitrogen and oxygen atoms in total. The highest BCUT2D eigenvalue weighted by Gasteiger charge is 2.24. The van der Waals surface area contributed by atoms with Gasteiger partial charge in [0.05, 0.1) is 11.4 Å². The lowest BCUT2D eigenvalue weighted by molar-refractivity contribution is 0.668. The summed E-state index contributed by atoms with van der Waals surface area (Å²) in [6, 6.07) is 75.6. The van der Waals surface area contributed by atoms with Crippen molar-refractivity contribution in [3.05, 3.63) is 217 Å². The van der Waals surface area contributed by atoms with Crippen molar-refractivity contribution in [2.45, 2.75) is 39.5 Å². The Bertz CT molecular complexity index is 4420. The summed E-state index contributed by atoms with van der Waals surface area (Å²) in [5, 5.41) is 14.4. The number of para-hydroxylation sites is 4. The molecule has 3 heterocycles. The first-order valence-electron chi connectivity index (χ1n) is 24.7. The van der Waals surface area contributed by atoms with Crippen LogP contribution in [0, 0.1) is 0 Å². The molecule has 0 aliphatic carbocycles. The Balaban J connectivity index is 0.959. The summed E-state index contributed by atoms with van der Waals surface area (Å²) in [6.45, 7) is 8.99. The quantitative estimate of drug-likeness (QED) is 0.142. The fourth-order valence-electron chi connectivity index (χ4n) is 11.2. The van der Waals surface area contributed by atoms with E-state index < -0.39 is 0 Å². The van der Waals surface area contributed by atoms with Crippen molar-refractivity contribution in [3.8, 4) is 0 Å². The Morgan fingerprint density at radius 2 is 0.718 bits per heavy atom. The predicted molar refractivity (Wildman–Crippen MR) is 304 cm³/mol. The fourth-order valence-corrected chi connectivity index (χ4v) is 12.3. The van der Waals surface area contributed by atoms with Crippen LogP contribution in [0.3, 0.4) is 0 Å². The number of hydrogen-bond acceptors (Lipinski definition) is 5. The van der Waals surface area contributed by atoms with E-state index in [1.807, 2.05) is 23.5 Å². The van der Waals surface area contributed by atoms with Crippen LogP contribution < -0.4 is 9.80 Å². The van der Waals surface area contributed by atoms with Gasteiger partial charge in [-0.1, -0.05) is 143 Å². The van der Waals surface area contributed by atoms with Crippen LogP contribution in [0.4, 0.5) is 34.1 Å². The highest BCUT2D eigenvalue weighted by molar-refractivity contribution is 7.25. The van der Waals surface area contributed by atoms with Crippen LogP contribution in [-0.4, -0.2) is 0 Å². The zero-order valence-corrected chi connectivity index (χ0v) is 40.7. The smallest absolute Gasteiger partial charge is 0.159 e. The summed E-state index contributed by atoms with van der Waals surface area (Å²) in [5.74, 6) is 0.860. The predicted octanol–water partition coefficient (Wildman–Crippen LogP) is 20.5. The number of rotatable bonds is 8. The molecule has 0 bridgehead atoms. The van der Waals surface area contributed by atoms with Gasteiger partial charge in [-0.2, -0.15) is 0 Å². The Labute approximate surface area is 415 Å². The monoisotopic (exact) mass is 932 g/mol. The highest BCUT2D eigenvalue weighted by Crippen LogP contribution is 2.49. The molecular formula is C66H48N2O2S. The third kappa shape index (κ3) is 6.57. The minimum Gasteiger partial charge on any atom is -0.454 e. The van der Waals surface area contributed by atoms with E-state index in [0.717, 1.165) is 78.0 Å². The number of fused-ring (bicyclic) bond motifs is 15. The molecule has 11 aromatic carbocycles. The first-order chi connectivity index (χ1) is 34.8. The van der Waals surface area contributed by atoms with Gasteiger partial charge < -0.3 is 18.6 Å².